The van der Waals surface area contributed by atoms with Crippen LogP contribution in [0.2, 0.25) is 0 Å². The van der Waals surface area contributed by atoms with Gasteiger partial charge in [0.25, 0.3) is 0 Å². The average Bonchev–Trinajstić information content (AvgIpc) is 2.63. The summed E-state index contributed by atoms with van der Waals surface area (Å²) in [6.07, 6.45) is 0.872. The summed E-state index contributed by atoms with van der Waals surface area (Å²) in [7, 11) is 0. The summed E-state index contributed by atoms with van der Waals surface area (Å²) >= 11 is 0. The molecule has 3 rings (SSSR count). The zero-order valence-electron chi connectivity index (χ0n) is 12.9. The summed E-state index contributed by atoms with van der Waals surface area (Å²) in [6, 6.07) is 12.2. The SMILES string of the molecule is N#Cc1nc(NCCc2ccccc2)nc(N2CCNCC2)n1. The molecule has 1 aromatic carbocycles. The van der Waals surface area contributed by atoms with Gasteiger partial charge < -0.3 is 15.5 Å². The minimum atomic E-state index is 0.149. The lowest BCUT2D eigenvalue weighted by atomic mass is 10.1. The van der Waals surface area contributed by atoms with Crippen LogP contribution in [0.1, 0.15) is 11.4 Å². The van der Waals surface area contributed by atoms with Gasteiger partial charge in [0.05, 0.1) is 0 Å². The Bertz CT molecular complexity index is 675. The minimum Gasteiger partial charge on any atom is -0.354 e. The molecule has 118 valence electrons. The Morgan fingerprint density at radius 2 is 1.91 bits per heavy atom. The van der Waals surface area contributed by atoms with E-state index in [2.05, 4.69) is 42.6 Å². The van der Waals surface area contributed by atoms with E-state index in [0.717, 1.165) is 32.6 Å². The molecule has 0 radical (unpaired) electrons. The molecule has 2 N–H and O–H groups in total. The molecule has 1 saturated heterocycles. The fourth-order valence-corrected chi connectivity index (χ4v) is 2.46. The second kappa shape index (κ2) is 7.51. The van der Waals surface area contributed by atoms with Gasteiger partial charge in [-0.3, -0.25) is 0 Å². The second-order valence-electron chi connectivity index (χ2n) is 5.29. The number of rotatable bonds is 5. The predicted octanol–water partition coefficient (Wildman–Crippen LogP) is 0.807. The predicted molar refractivity (Wildman–Crippen MR) is 88.3 cm³/mol. The number of nitrogens with one attached hydrogen (secondary N) is 2. The molecular weight excluding hydrogens is 290 g/mol. The number of hydrogen-bond donors (Lipinski definition) is 2. The summed E-state index contributed by atoms with van der Waals surface area (Å²) in [5.74, 6) is 1.18. The molecule has 1 aliphatic rings. The van der Waals surface area contributed by atoms with Gasteiger partial charge in [-0.15, -0.1) is 0 Å². The van der Waals surface area contributed by atoms with Gasteiger partial charge in [0.15, 0.2) is 0 Å². The van der Waals surface area contributed by atoms with E-state index in [9.17, 15) is 0 Å². The molecule has 0 atom stereocenters. The molecule has 0 bridgehead atoms. The van der Waals surface area contributed by atoms with Gasteiger partial charge >= 0.3 is 0 Å². The fourth-order valence-electron chi connectivity index (χ4n) is 2.46. The van der Waals surface area contributed by atoms with Crippen molar-refractivity contribution in [2.24, 2.45) is 0 Å². The third-order valence-electron chi connectivity index (χ3n) is 3.66. The van der Waals surface area contributed by atoms with Crippen molar-refractivity contribution in [1.82, 2.24) is 20.3 Å². The van der Waals surface area contributed by atoms with E-state index in [1.807, 2.05) is 24.3 Å². The summed E-state index contributed by atoms with van der Waals surface area (Å²) in [4.78, 5) is 14.9. The van der Waals surface area contributed by atoms with Crippen molar-refractivity contribution in [3.05, 3.63) is 41.7 Å². The van der Waals surface area contributed by atoms with Crippen LogP contribution in [0.3, 0.4) is 0 Å². The van der Waals surface area contributed by atoms with Crippen LogP contribution < -0.4 is 15.5 Å². The monoisotopic (exact) mass is 309 g/mol. The first-order valence-electron chi connectivity index (χ1n) is 7.75. The molecule has 23 heavy (non-hydrogen) atoms. The van der Waals surface area contributed by atoms with Crippen molar-refractivity contribution in [2.45, 2.75) is 6.42 Å². The van der Waals surface area contributed by atoms with E-state index < -0.39 is 0 Å². The van der Waals surface area contributed by atoms with Gasteiger partial charge in [-0.25, -0.2) is 0 Å². The molecule has 2 heterocycles. The third-order valence-corrected chi connectivity index (χ3v) is 3.66. The van der Waals surface area contributed by atoms with Gasteiger partial charge in [0.1, 0.15) is 6.07 Å². The molecule has 2 aromatic rings. The van der Waals surface area contributed by atoms with E-state index in [1.165, 1.54) is 5.56 Å². The molecule has 0 aliphatic carbocycles. The topological polar surface area (TPSA) is 89.8 Å². The number of anilines is 2. The molecule has 1 aromatic heterocycles. The van der Waals surface area contributed by atoms with E-state index >= 15 is 0 Å². The lowest BCUT2D eigenvalue weighted by molar-refractivity contribution is 0.579. The summed E-state index contributed by atoms with van der Waals surface area (Å²) < 4.78 is 0. The lowest BCUT2D eigenvalue weighted by Gasteiger charge is -2.27. The van der Waals surface area contributed by atoms with E-state index in [0.29, 0.717) is 18.4 Å². The van der Waals surface area contributed by atoms with Crippen LogP contribution in [-0.2, 0) is 6.42 Å². The molecule has 1 fully saturated rings. The third kappa shape index (κ3) is 4.14. The Morgan fingerprint density at radius 3 is 2.65 bits per heavy atom. The van der Waals surface area contributed by atoms with Crippen molar-refractivity contribution in [3.63, 3.8) is 0 Å². The van der Waals surface area contributed by atoms with Gasteiger partial charge in [0.2, 0.25) is 17.7 Å². The van der Waals surface area contributed by atoms with Crippen molar-refractivity contribution < 1.29 is 0 Å². The van der Waals surface area contributed by atoms with Crippen LogP contribution in [0, 0.1) is 11.3 Å². The average molecular weight is 309 g/mol. The van der Waals surface area contributed by atoms with E-state index in [1.54, 1.807) is 0 Å². The summed E-state index contributed by atoms with van der Waals surface area (Å²) in [6.45, 7) is 4.16. The van der Waals surface area contributed by atoms with Crippen LogP contribution >= 0.6 is 0 Å². The fraction of sp³-hybridized carbons (Fsp3) is 0.375. The van der Waals surface area contributed by atoms with Crippen LogP contribution in [0.5, 0.6) is 0 Å². The smallest absolute Gasteiger partial charge is 0.238 e. The molecule has 7 nitrogen and oxygen atoms in total. The lowest BCUT2D eigenvalue weighted by Crippen LogP contribution is -2.44. The Morgan fingerprint density at radius 1 is 1.13 bits per heavy atom. The van der Waals surface area contributed by atoms with Crippen LogP contribution in [0.4, 0.5) is 11.9 Å². The first kappa shape index (κ1) is 15.2. The van der Waals surface area contributed by atoms with Gasteiger partial charge in [0, 0.05) is 32.7 Å². The minimum absolute atomic E-state index is 0.149. The molecule has 1 aliphatic heterocycles. The second-order valence-corrected chi connectivity index (χ2v) is 5.29. The van der Waals surface area contributed by atoms with Crippen molar-refractivity contribution in [3.8, 4) is 6.07 Å². The number of nitriles is 1. The maximum atomic E-state index is 9.13. The Hall–Kier alpha value is -2.72. The summed E-state index contributed by atoms with van der Waals surface area (Å²) in [5.41, 5.74) is 1.25. The highest BCUT2D eigenvalue weighted by Crippen LogP contribution is 2.11. The van der Waals surface area contributed by atoms with Gasteiger partial charge in [-0.1, -0.05) is 30.3 Å². The number of piperazine rings is 1. The molecule has 7 heteroatoms. The Labute approximate surface area is 135 Å². The van der Waals surface area contributed by atoms with E-state index in [4.69, 9.17) is 5.26 Å². The molecular formula is C16H19N7. The molecule has 0 amide bonds. The number of benzene rings is 1. The molecule has 0 unspecified atom stereocenters. The van der Waals surface area contributed by atoms with Gasteiger partial charge in [-0.2, -0.15) is 20.2 Å². The first-order chi connectivity index (χ1) is 11.3. The highest BCUT2D eigenvalue weighted by molar-refractivity contribution is 5.40. The zero-order chi connectivity index (χ0) is 15.9. The molecule has 0 spiro atoms. The maximum Gasteiger partial charge on any atom is 0.238 e. The van der Waals surface area contributed by atoms with Crippen LogP contribution in [0.15, 0.2) is 30.3 Å². The number of aromatic nitrogens is 3. The zero-order valence-corrected chi connectivity index (χ0v) is 12.9. The maximum absolute atomic E-state index is 9.13. The first-order valence-corrected chi connectivity index (χ1v) is 7.75. The normalized spacial score (nSPS) is 14.3. The van der Waals surface area contributed by atoms with E-state index in [-0.39, 0.29) is 5.82 Å². The van der Waals surface area contributed by atoms with Crippen molar-refractivity contribution in [2.75, 3.05) is 42.9 Å². The van der Waals surface area contributed by atoms with Crippen molar-refractivity contribution >= 4 is 11.9 Å². The quantitative estimate of drug-likeness (QED) is 0.844. The standard InChI is InChI=1S/C16H19N7/c17-12-14-20-15(19-7-6-13-4-2-1-3-5-13)22-16(21-14)23-10-8-18-9-11-23/h1-5,18H,6-11H2,(H,19,20,21,22). The number of hydrogen-bond acceptors (Lipinski definition) is 7. The highest BCUT2D eigenvalue weighted by Gasteiger charge is 2.15. The summed E-state index contributed by atoms with van der Waals surface area (Å²) in [5, 5.41) is 15.6. The van der Waals surface area contributed by atoms with Crippen LogP contribution in [0.25, 0.3) is 0 Å². The Kier molecular flexibility index (Phi) is 4.96. The van der Waals surface area contributed by atoms with Crippen LogP contribution in [-0.4, -0.2) is 47.7 Å². The number of nitrogens with zero attached hydrogens (tertiary/aromatic N) is 5. The largest absolute Gasteiger partial charge is 0.354 e. The highest BCUT2D eigenvalue weighted by atomic mass is 15.3. The Balaban J connectivity index is 1.67. The molecule has 0 saturated carbocycles. The van der Waals surface area contributed by atoms with Gasteiger partial charge in [-0.05, 0) is 12.0 Å². The van der Waals surface area contributed by atoms with Crippen molar-refractivity contribution in [1.29, 1.82) is 5.26 Å².